The molecule has 0 amide bonds. The van der Waals surface area contributed by atoms with Gasteiger partial charge in [-0.25, -0.2) is 0 Å². The van der Waals surface area contributed by atoms with Crippen LogP contribution in [0.1, 0.15) is 25.7 Å². The van der Waals surface area contributed by atoms with Gasteiger partial charge in [-0.2, -0.15) is 0 Å². The van der Waals surface area contributed by atoms with Gasteiger partial charge in [-0.3, -0.25) is 0 Å². The van der Waals surface area contributed by atoms with Gasteiger partial charge in [-0.05, 0) is 19.9 Å². The highest BCUT2D eigenvalue weighted by molar-refractivity contribution is 6.36. The molecule has 0 unspecified atom stereocenters. The Balaban J connectivity index is 2.04. The average Bonchev–Trinajstić information content (AvgIpc) is 2.77. The molecule has 0 heterocycles. The third kappa shape index (κ3) is 5.21. The quantitative estimate of drug-likeness (QED) is 0.730. The van der Waals surface area contributed by atoms with E-state index in [1.165, 1.54) is 31.2 Å². The summed E-state index contributed by atoms with van der Waals surface area (Å²) in [5.41, 5.74) is 1.41. The summed E-state index contributed by atoms with van der Waals surface area (Å²) in [4.78, 5) is 2.44. The summed E-state index contributed by atoms with van der Waals surface area (Å²) >= 11 is 11.2. The van der Waals surface area contributed by atoms with Gasteiger partial charge in [0.25, 0.3) is 0 Å². The van der Waals surface area contributed by atoms with Gasteiger partial charge in [0, 0.05) is 36.2 Å². The number of nitrogens with one attached hydrogen (secondary N) is 1. The van der Waals surface area contributed by atoms with E-state index >= 15 is 0 Å². The number of halogens is 2. The molecule has 1 aliphatic rings. The van der Waals surface area contributed by atoms with Crippen LogP contribution in [0.3, 0.4) is 0 Å². The van der Waals surface area contributed by atoms with Crippen molar-refractivity contribution < 1.29 is 0 Å². The molecule has 0 aromatic carbocycles. The second kappa shape index (κ2) is 7.50. The van der Waals surface area contributed by atoms with Gasteiger partial charge in [-0.15, -0.1) is 0 Å². The van der Waals surface area contributed by atoms with Crippen molar-refractivity contribution in [2.75, 3.05) is 26.7 Å². The maximum atomic E-state index is 5.76. The molecule has 0 aliphatic heterocycles. The monoisotopic (exact) mass is 250 g/mol. The minimum absolute atomic E-state index is 0.667. The van der Waals surface area contributed by atoms with E-state index in [1.54, 1.807) is 0 Å². The SMILES string of the molecule is CN(CCNCC(Cl)=CCl)C1CCCC1. The molecule has 1 N–H and O–H groups in total. The van der Waals surface area contributed by atoms with E-state index in [0.29, 0.717) is 11.6 Å². The Bertz CT molecular complexity index is 201. The minimum atomic E-state index is 0.667. The van der Waals surface area contributed by atoms with Crippen LogP contribution in [0.2, 0.25) is 0 Å². The van der Waals surface area contributed by atoms with E-state index in [0.717, 1.165) is 19.1 Å². The first-order valence-corrected chi connectivity index (χ1v) is 6.41. The molecule has 1 saturated carbocycles. The molecule has 0 aromatic heterocycles. The average molecular weight is 251 g/mol. The van der Waals surface area contributed by atoms with Crippen LogP contribution in [-0.4, -0.2) is 37.6 Å². The summed E-state index contributed by atoms with van der Waals surface area (Å²) < 4.78 is 0. The van der Waals surface area contributed by atoms with Crippen LogP contribution in [-0.2, 0) is 0 Å². The topological polar surface area (TPSA) is 15.3 Å². The van der Waals surface area contributed by atoms with Gasteiger partial charge < -0.3 is 10.2 Å². The molecule has 4 heteroatoms. The molecule has 0 aromatic rings. The molecule has 1 rings (SSSR count). The third-order valence-corrected chi connectivity index (χ3v) is 3.62. The summed E-state index contributed by atoms with van der Waals surface area (Å²) in [6.45, 7) is 2.72. The van der Waals surface area contributed by atoms with Gasteiger partial charge in [0.05, 0.1) is 0 Å². The lowest BCUT2D eigenvalue weighted by molar-refractivity contribution is 0.246. The van der Waals surface area contributed by atoms with Crippen LogP contribution >= 0.6 is 23.2 Å². The number of hydrogen-bond donors (Lipinski definition) is 1. The van der Waals surface area contributed by atoms with E-state index in [9.17, 15) is 0 Å². The Hall–Kier alpha value is 0.240. The van der Waals surface area contributed by atoms with E-state index < -0.39 is 0 Å². The van der Waals surface area contributed by atoms with Gasteiger partial charge in [0.1, 0.15) is 0 Å². The van der Waals surface area contributed by atoms with Crippen LogP contribution in [0.25, 0.3) is 0 Å². The molecule has 1 fully saturated rings. The Morgan fingerprint density at radius 1 is 1.47 bits per heavy atom. The fraction of sp³-hybridized carbons (Fsp3) is 0.818. The number of likely N-dealkylation sites (N-methyl/N-ethyl adjacent to an activating group) is 1. The Labute approximate surface area is 103 Å². The summed E-state index contributed by atoms with van der Waals surface area (Å²) in [5, 5.41) is 3.93. The summed E-state index contributed by atoms with van der Waals surface area (Å²) in [5.74, 6) is 0. The van der Waals surface area contributed by atoms with Crippen LogP contribution in [0, 0.1) is 0 Å². The standard InChI is InChI=1S/C11H20Cl2N2/c1-15(11-4-2-3-5-11)7-6-14-9-10(13)8-12/h8,11,14H,2-7,9H2,1H3. The number of rotatable bonds is 6. The second-order valence-electron chi connectivity index (χ2n) is 4.15. The lowest BCUT2D eigenvalue weighted by atomic mass is 10.2. The van der Waals surface area contributed by atoms with Crippen molar-refractivity contribution in [3.63, 3.8) is 0 Å². The van der Waals surface area contributed by atoms with Crippen molar-refractivity contribution in [2.45, 2.75) is 31.7 Å². The van der Waals surface area contributed by atoms with Crippen LogP contribution in [0.5, 0.6) is 0 Å². The van der Waals surface area contributed by atoms with Crippen LogP contribution < -0.4 is 5.32 Å². The van der Waals surface area contributed by atoms with Crippen molar-refractivity contribution in [1.29, 1.82) is 0 Å². The molecule has 0 spiro atoms. The van der Waals surface area contributed by atoms with E-state index in [1.807, 2.05) is 0 Å². The van der Waals surface area contributed by atoms with Crippen molar-refractivity contribution in [2.24, 2.45) is 0 Å². The van der Waals surface area contributed by atoms with Gasteiger partial charge >= 0.3 is 0 Å². The first-order chi connectivity index (χ1) is 7.24. The molecule has 0 radical (unpaired) electrons. The van der Waals surface area contributed by atoms with E-state index in [2.05, 4.69) is 17.3 Å². The third-order valence-electron chi connectivity index (χ3n) is 3.00. The predicted molar refractivity (Wildman–Crippen MR) is 67.5 cm³/mol. The predicted octanol–water partition coefficient (Wildman–Crippen LogP) is 2.77. The second-order valence-corrected chi connectivity index (χ2v) is 4.86. The normalized spacial score (nSPS) is 19.1. The molecule has 0 atom stereocenters. The summed E-state index contributed by atoms with van der Waals surface area (Å²) in [6, 6.07) is 0.797. The largest absolute Gasteiger partial charge is 0.310 e. The van der Waals surface area contributed by atoms with Gasteiger partial charge in [-0.1, -0.05) is 36.0 Å². The fourth-order valence-corrected chi connectivity index (χ4v) is 2.20. The summed E-state index contributed by atoms with van der Waals surface area (Å²) in [7, 11) is 2.21. The van der Waals surface area contributed by atoms with Crippen molar-refractivity contribution in [1.82, 2.24) is 10.2 Å². The lowest BCUT2D eigenvalue weighted by Crippen LogP contribution is -2.35. The first-order valence-electron chi connectivity index (χ1n) is 5.59. The highest BCUT2D eigenvalue weighted by Gasteiger charge is 2.18. The molecule has 0 saturated heterocycles. The molecular weight excluding hydrogens is 231 g/mol. The molecule has 15 heavy (non-hydrogen) atoms. The molecular formula is C11H20Cl2N2. The maximum Gasteiger partial charge on any atom is 0.0431 e. The Kier molecular flexibility index (Phi) is 6.66. The zero-order valence-electron chi connectivity index (χ0n) is 9.31. The highest BCUT2D eigenvalue weighted by Crippen LogP contribution is 2.21. The first kappa shape index (κ1) is 13.3. The fourth-order valence-electron chi connectivity index (χ4n) is 2.03. The van der Waals surface area contributed by atoms with Crippen molar-refractivity contribution in [3.05, 3.63) is 10.6 Å². The van der Waals surface area contributed by atoms with E-state index in [4.69, 9.17) is 23.2 Å². The van der Waals surface area contributed by atoms with Crippen LogP contribution in [0.4, 0.5) is 0 Å². The highest BCUT2D eigenvalue weighted by atomic mass is 35.5. The number of hydrogen-bond acceptors (Lipinski definition) is 2. The number of nitrogens with zero attached hydrogens (tertiary/aromatic N) is 1. The molecule has 88 valence electrons. The maximum absolute atomic E-state index is 5.76. The van der Waals surface area contributed by atoms with Crippen molar-refractivity contribution in [3.8, 4) is 0 Å². The van der Waals surface area contributed by atoms with Gasteiger partial charge in [0.2, 0.25) is 0 Å². The molecule has 2 nitrogen and oxygen atoms in total. The lowest BCUT2D eigenvalue weighted by Gasteiger charge is -2.23. The van der Waals surface area contributed by atoms with Crippen molar-refractivity contribution >= 4 is 23.2 Å². The van der Waals surface area contributed by atoms with Crippen LogP contribution in [0.15, 0.2) is 10.6 Å². The molecule has 1 aliphatic carbocycles. The zero-order valence-corrected chi connectivity index (χ0v) is 10.8. The molecule has 0 bridgehead atoms. The Morgan fingerprint density at radius 2 is 2.13 bits per heavy atom. The minimum Gasteiger partial charge on any atom is -0.310 e. The Morgan fingerprint density at radius 3 is 2.73 bits per heavy atom. The van der Waals surface area contributed by atoms with Gasteiger partial charge in [0.15, 0.2) is 0 Å². The van der Waals surface area contributed by atoms with E-state index in [-0.39, 0.29) is 0 Å². The summed E-state index contributed by atoms with van der Waals surface area (Å²) in [6.07, 6.45) is 5.50. The zero-order chi connectivity index (χ0) is 11.1. The smallest absolute Gasteiger partial charge is 0.0431 e.